The van der Waals surface area contributed by atoms with Crippen molar-refractivity contribution in [2.24, 2.45) is 0 Å². The fraction of sp³-hybridized carbons (Fsp3) is 0.875. The molecule has 0 aliphatic carbocycles. The van der Waals surface area contributed by atoms with E-state index >= 15 is 0 Å². The maximum atomic E-state index is 10.6. The molecule has 0 bridgehead atoms. The van der Waals surface area contributed by atoms with E-state index in [-0.39, 0.29) is 12.5 Å². The minimum absolute atomic E-state index is 0.0782. The summed E-state index contributed by atoms with van der Waals surface area (Å²) < 4.78 is 5.06. The predicted molar refractivity (Wildman–Crippen MR) is 48.0 cm³/mol. The van der Waals surface area contributed by atoms with Gasteiger partial charge in [0.15, 0.2) is 0 Å². The summed E-state index contributed by atoms with van der Waals surface area (Å²) in [4.78, 5) is 10.6. The third-order valence-corrected chi connectivity index (χ3v) is 1.36. The Kier molecular flexibility index (Phi) is 8.05. The first-order valence-electron chi connectivity index (χ1n) is 4.30. The quantitative estimate of drug-likeness (QED) is 0.523. The third-order valence-electron chi connectivity index (χ3n) is 1.36. The van der Waals surface area contributed by atoms with Crippen molar-refractivity contribution in [2.45, 2.75) is 13.3 Å². The zero-order valence-corrected chi connectivity index (χ0v) is 7.85. The Balaban J connectivity index is 2.95. The van der Waals surface area contributed by atoms with Gasteiger partial charge in [0.2, 0.25) is 5.91 Å². The molecule has 0 unspecified atom stereocenters. The van der Waals surface area contributed by atoms with Crippen molar-refractivity contribution in [3.8, 4) is 0 Å². The lowest BCUT2D eigenvalue weighted by Crippen LogP contribution is -2.26. The van der Waals surface area contributed by atoms with Crippen molar-refractivity contribution in [2.75, 3.05) is 33.4 Å². The first-order valence-corrected chi connectivity index (χ1v) is 4.30. The summed E-state index contributed by atoms with van der Waals surface area (Å²) in [6.07, 6.45) is 1.12. The standard InChI is InChI=1S/C8H18N2O2/c1-3-4-10-5-6-12-7-8(11)9-2/h10H,3-7H2,1-2H3,(H,9,11). The molecule has 0 saturated heterocycles. The van der Waals surface area contributed by atoms with Crippen LogP contribution in [0.5, 0.6) is 0 Å². The Morgan fingerprint density at radius 1 is 1.42 bits per heavy atom. The van der Waals surface area contributed by atoms with Gasteiger partial charge in [0.05, 0.1) is 6.61 Å². The molecule has 0 aromatic rings. The summed E-state index contributed by atoms with van der Waals surface area (Å²) in [5, 5.41) is 5.65. The number of likely N-dealkylation sites (N-methyl/N-ethyl adjacent to an activating group) is 1. The smallest absolute Gasteiger partial charge is 0.245 e. The number of hydrogen-bond acceptors (Lipinski definition) is 3. The van der Waals surface area contributed by atoms with Crippen LogP contribution in [0.4, 0.5) is 0 Å². The number of carbonyl (C=O) groups excluding carboxylic acids is 1. The van der Waals surface area contributed by atoms with Crippen molar-refractivity contribution in [3.05, 3.63) is 0 Å². The van der Waals surface area contributed by atoms with Crippen LogP contribution in [0.3, 0.4) is 0 Å². The monoisotopic (exact) mass is 174 g/mol. The highest BCUT2D eigenvalue weighted by Gasteiger charge is 1.95. The molecule has 0 aromatic carbocycles. The minimum Gasteiger partial charge on any atom is -0.370 e. The Labute approximate surface area is 73.7 Å². The van der Waals surface area contributed by atoms with Crippen molar-refractivity contribution in [3.63, 3.8) is 0 Å². The summed E-state index contributed by atoms with van der Waals surface area (Å²) in [6, 6.07) is 0. The van der Waals surface area contributed by atoms with Crippen molar-refractivity contribution >= 4 is 5.91 Å². The van der Waals surface area contributed by atoms with Crippen molar-refractivity contribution in [1.29, 1.82) is 0 Å². The molecule has 0 rings (SSSR count). The van der Waals surface area contributed by atoms with Crippen molar-refractivity contribution < 1.29 is 9.53 Å². The Morgan fingerprint density at radius 2 is 2.17 bits per heavy atom. The van der Waals surface area contributed by atoms with Gasteiger partial charge < -0.3 is 15.4 Å². The molecule has 2 N–H and O–H groups in total. The average Bonchev–Trinajstić information content (AvgIpc) is 2.10. The highest BCUT2D eigenvalue weighted by Crippen LogP contribution is 1.74. The van der Waals surface area contributed by atoms with E-state index in [0.29, 0.717) is 6.61 Å². The highest BCUT2D eigenvalue weighted by molar-refractivity contribution is 5.76. The second-order valence-electron chi connectivity index (χ2n) is 2.48. The van der Waals surface area contributed by atoms with Gasteiger partial charge in [-0.15, -0.1) is 0 Å². The summed E-state index contributed by atoms with van der Waals surface area (Å²) in [5.41, 5.74) is 0. The van der Waals surface area contributed by atoms with Crippen LogP contribution in [0.1, 0.15) is 13.3 Å². The molecule has 1 amide bonds. The molecule has 0 aliphatic rings. The fourth-order valence-corrected chi connectivity index (χ4v) is 0.683. The zero-order valence-electron chi connectivity index (χ0n) is 7.85. The van der Waals surface area contributed by atoms with E-state index in [4.69, 9.17) is 4.74 Å². The van der Waals surface area contributed by atoms with E-state index in [2.05, 4.69) is 17.6 Å². The molecule has 0 spiro atoms. The first-order chi connectivity index (χ1) is 5.81. The maximum absolute atomic E-state index is 10.6. The molecule has 0 saturated carbocycles. The number of amides is 1. The first kappa shape index (κ1) is 11.4. The van der Waals surface area contributed by atoms with E-state index in [1.165, 1.54) is 0 Å². The number of ether oxygens (including phenoxy) is 1. The molecule has 0 aliphatic heterocycles. The van der Waals surface area contributed by atoms with Gasteiger partial charge in [-0.05, 0) is 13.0 Å². The molecule has 0 atom stereocenters. The maximum Gasteiger partial charge on any atom is 0.245 e. The van der Waals surface area contributed by atoms with Crippen LogP contribution < -0.4 is 10.6 Å². The van der Waals surface area contributed by atoms with Crippen LogP contribution in [-0.4, -0.2) is 39.3 Å². The SMILES string of the molecule is CCCNCCOCC(=O)NC. The lowest BCUT2D eigenvalue weighted by atomic mass is 10.5. The van der Waals surface area contributed by atoms with Gasteiger partial charge in [-0.25, -0.2) is 0 Å². The van der Waals surface area contributed by atoms with Crippen molar-refractivity contribution in [1.82, 2.24) is 10.6 Å². The molecular weight excluding hydrogens is 156 g/mol. The van der Waals surface area contributed by atoms with Gasteiger partial charge in [-0.1, -0.05) is 6.92 Å². The average molecular weight is 174 g/mol. The summed E-state index contributed by atoms with van der Waals surface area (Å²) >= 11 is 0. The lowest BCUT2D eigenvalue weighted by molar-refractivity contribution is -0.125. The highest BCUT2D eigenvalue weighted by atomic mass is 16.5. The second-order valence-corrected chi connectivity index (χ2v) is 2.48. The van der Waals surface area contributed by atoms with Gasteiger partial charge in [0, 0.05) is 13.6 Å². The lowest BCUT2D eigenvalue weighted by Gasteiger charge is -2.03. The minimum atomic E-state index is -0.0782. The predicted octanol–water partition coefficient (Wildman–Crippen LogP) is -0.251. The van der Waals surface area contributed by atoms with Gasteiger partial charge in [0.25, 0.3) is 0 Å². The largest absolute Gasteiger partial charge is 0.370 e. The third kappa shape index (κ3) is 7.50. The molecule has 12 heavy (non-hydrogen) atoms. The summed E-state index contributed by atoms with van der Waals surface area (Å²) in [6.45, 7) is 4.67. The number of carbonyl (C=O) groups is 1. The molecule has 0 heterocycles. The summed E-state index contributed by atoms with van der Waals surface area (Å²) in [7, 11) is 1.60. The molecule has 4 nitrogen and oxygen atoms in total. The molecule has 0 fully saturated rings. The second kappa shape index (κ2) is 8.49. The number of hydrogen-bond donors (Lipinski definition) is 2. The normalized spacial score (nSPS) is 9.83. The Bertz CT molecular complexity index is 118. The van der Waals surface area contributed by atoms with Crippen LogP contribution in [0, 0.1) is 0 Å². The van der Waals surface area contributed by atoms with Gasteiger partial charge in [-0.3, -0.25) is 4.79 Å². The van der Waals surface area contributed by atoms with E-state index in [1.807, 2.05) is 0 Å². The van der Waals surface area contributed by atoms with E-state index in [1.54, 1.807) is 7.05 Å². The number of nitrogens with one attached hydrogen (secondary N) is 2. The molecule has 4 heteroatoms. The van der Waals surface area contributed by atoms with Gasteiger partial charge in [-0.2, -0.15) is 0 Å². The molecule has 0 aromatic heterocycles. The zero-order chi connectivity index (χ0) is 9.23. The fourth-order valence-electron chi connectivity index (χ4n) is 0.683. The topological polar surface area (TPSA) is 50.4 Å². The molecule has 72 valence electrons. The van der Waals surface area contributed by atoms with E-state index in [0.717, 1.165) is 19.5 Å². The molecule has 0 radical (unpaired) electrons. The number of rotatable bonds is 7. The van der Waals surface area contributed by atoms with Gasteiger partial charge in [0.1, 0.15) is 6.61 Å². The van der Waals surface area contributed by atoms with Crippen LogP contribution in [0.2, 0.25) is 0 Å². The van der Waals surface area contributed by atoms with Gasteiger partial charge >= 0.3 is 0 Å². The van der Waals surface area contributed by atoms with Crippen LogP contribution in [-0.2, 0) is 9.53 Å². The molecular formula is C8H18N2O2. The van der Waals surface area contributed by atoms with Crippen LogP contribution in [0.15, 0.2) is 0 Å². The summed E-state index contributed by atoms with van der Waals surface area (Å²) in [5.74, 6) is -0.0782. The van der Waals surface area contributed by atoms with Crippen LogP contribution >= 0.6 is 0 Å². The van der Waals surface area contributed by atoms with E-state index in [9.17, 15) is 4.79 Å². The van der Waals surface area contributed by atoms with E-state index < -0.39 is 0 Å². The Morgan fingerprint density at radius 3 is 2.75 bits per heavy atom. The Hall–Kier alpha value is -0.610. The van der Waals surface area contributed by atoms with Crippen LogP contribution in [0.25, 0.3) is 0 Å².